The fourth-order valence-corrected chi connectivity index (χ4v) is 2.39. The summed E-state index contributed by atoms with van der Waals surface area (Å²) in [7, 11) is 0. The first-order valence-corrected chi connectivity index (χ1v) is 8.79. The molecule has 3 aromatic rings. The first-order valence-electron chi connectivity index (χ1n) is 8.42. The molecule has 1 aromatic carbocycles. The molecule has 3 rings (SSSR count). The Labute approximate surface area is 166 Å². The van der Waals surface area contributed by atoms with Crippen LogP contribution < -0.4 is 10.1 Å². The number of hydrogen-bond donors (Lipinski definition) is 1. The molecule has 0 radical (unpaired) electrons. The molecule has 0 saturated heterocycles. The summed E-state index contributed by atoms with van der Waals surface area (Å²) in [4.78, 5) is 28.2. The molecule has 0 aliphatic rings. The molecule has 0 bridgehead atoms. The number of halogens is 1. The number of carbonyl (C=O) groups excluding carboxylic acids is 2. The normalized spacial score (nSPS) is 11.5. The van der Waals surface area contributed by atoms with Gasteiger partial charge in [-0.05, 0) is 43.3 Å². The van der Waals surface area contributed by atoms with Crippen molar-refractivity contribution >= 4 is 29.2 Å². The Morgan fingerprint density at radius 1 is 1.14 bits per heavy atom. The average Bonchev–Trinajstić information content (AvgIpc) is 3.18. The Balaban J connectivity index is 1.53. The third-order valence-electron chi connectivity index (χ3n) is 3.66. The van der Waals surface area contributed by atoms with Crippen LogP contribution in [0.5, 0.6) is 5.75 Å². The second-order valence-electron chi connectivity index (χ2n) is 5.75. The number of nitrogens with zero attached hydrogens (tertiary/aromatic N) is 1. The van der Waals surface area contributed by atoms with Crippen LogP contribution in [0, 0.1) is 0 Å². The largest absolute Gasteiger partial charge is 0.486 e. The quantitative estimate of drug-likeness (QED) is 0.474. The van der Waals surface area contributed by atoms with E-state index in [-0.39, 0.29) is 17.5 Å². The molecule has 0 aliphatic heterocycles. The van der Waals surface area contributed by atoms with E-state index in [9.17, 15) is 9.59 Å². The molecule has 7 nitrogen and oxygen atoms in total. The molecule has 2 heterocycles. The molecule has 8 heteroatoms. The lowest BCUT2D eigenvalue weighted by Crippen LogP contribution is -2.30. The minimum absolute atomic E-state index is 0.0225. The minimum Gasteiger partial charge on any atom is -0.486 e. The SMILES string of the molecule is CC(OC(=O)c1ccc(COc2ccccc2)o1)C(=O)Nc1cccnc1Cl. The molecule has 0 fully saturated rings. The highest BCUT2D eigenvalue weighted by molar-refractivity contribution is 6.32. The number of carbonyl (C=O) groups is 2. The van der Waals surface area contributed by atoms with Gasteiger partial charge in [0.2, 0.25) is 5.76 Å². The van der Waals surface area contributed by atoms with Crippen LogP contribution in [0.2, 0.25) is 5.15 Å². The molecule has 1 unspecified atom stereocenters. The lowest BCUT2D eigenvalue weighted by molar-refractivity contribution is -0.123. The number of benzene rings is 1. The van der Waals surface area contributed by atoms with E-state index in [2.05, 4.69) is 10.3 Å². The maximum absolute atomic E-state index is 12.2. The van der Waals surface area contributed by atoms with E-state index in [4.69, 9.17) is 25.5 Å². The number of furan rings is 1. The summed E-state index contributed by atoms with van der Waals surface area (Å²) in [6.45, 7) is 1.60. The number of amides is 1. The number of aromatic nitrogens is 1. The molecule has 0 saturated carbocycles. The van der Waals surface area contributed by atoms with Crippen molar-refractivity contribution in [3.05, 3.63) is 77.5 Å². The van der Waals surface area contributed by atoms with Gasteiger partial charge in [0.25, 0.3) is 5.91 Å². The van der Waals surface area contributed by atoms with Crippen LogP contribution in [0.3, 0.4) is 0 Å². The summed E-state index contributed by atoms with van der Waals surface area (Å²) in [5, 5.41) is 2.69. The molecular formula is C20H17ClN2O5. The van der Waals surface area contributed by atoms with Gasteiger partial charge in [-0.3, -0.25) is 4.79 Å². The Kier molecular flexibility index (Phi) is 6.29. The predicted octanol–water partition coefficient (Wildman–Crippen LogP) is 4.09. The minimum atomic E-state index is -1.06. The van der Waals surface area contributed by atoms with Gasteiger partial charge in [0, 0.05) is 6.20 Å². The van der Waals surface area contributed by atoms with Gasteiger partial charge < -0.3 is 19.2 Å². The molecule has 0 spiro atoms. The Hall–Kier alpha value is -3.32. The number of para-hydroxylation sites is 1. The summed E-state index contributed by atoms with van der Waals surface area (Å²) < 4.78 is 16.1. The maximum Gasteiger partial charge on any atom is 0.375 e. The summed E-state index contributed by atoms with van der Waals surface area (Å²) in [6, 6.07) is 15.5. The van der Waals surface area contributed by atoms with E-state index in [1.165, 1.54) is 19.2 Å². The van der Waals surface area contributed by atoms with Crippen molar-refractivity contribution in [1.29, 1.82) is 0 Å². The first-order chi connectivity index (χ1) is 13.5. The van der Waals surface area contributed by atoms with Crippen molar-refractivity contribution in [2.45, 2.75) is 19.6 Å². The summed E-state index contributed by atoms with van der Waals surface area (Å²) in [5.41, 5.74) is 0.329. The Morgan fingerprint density at radius 2 is 1.93 bits per heavy atom. The number of rotatable bonds is 7. The lowest BCUT2D eigenvalue weighted by atomic mass is 10.3. The van der Waals surface area contributed by atoms with Crippen LogP contribution in [0.1, 0.15) is 23.2 Å². The third kappa shape index (κ3) is 5.11. The monoisotopic (exact) mass is 400 g/mol. The summed E-state index contributed by atoms with van der Waals surface area (Å²) in [5.74, 6) is -0.184. The van der Waals surface area contributed by atoms with Crippen molar-refractivity contribution in [3.8, 4) is 5.75 Å². The van der Waals surface area contributed by atoms with E-state index in [0.29, 0.717) is 17.2 Å². The average molecular weight is 401 g/mol. The fraction of sp³-hybridized carbons (Fsp3) is 0.150. The zero-order chi connectivity index (χ0) is 19.9. The van der Waals surface area contributed by atoms with E-state index >= 15 is 0 Å². The van der Waals surface area contributed by atoms with Gasteiger partial charge in [0.1, 0.15) is 18.1 Å². The van der Waals surface area contributed by atoms with Gasteiger partial charge in [0.05, 0.1) is 5.69 Å². The van der Waals surface area contributed by atoms with Crippen LogP contribution >= 0.6 is 11.6 Å². The fourth-order valence-electron chi connectivity index (χ4n) is 2.22. The number of esters is 1. The van der Waals surface area contributed by atoms with Gasteiger partial charge in [-0.25, -0.2) is 9.78 Å². The molecule has 28 heavy (non-hydrogen) atoms. The van der Waals surface area contributed by atoms with E-state index < -0.39 is 18.0 Å². The lowest BCUT2D eigenvalue weighted by Gasteiger charge is -2.13. The second kappa shape index (κ2) is 9.05. The van der Waals surface area contributed by atoms with Crippen molar-refractivity contribution < 1.29 is 23.5 Å². The smallest absolute Gasteiger partial charge is 0.375 e. The van der Waals surface area contributed by atoms with Crippen LogP contribution in [0.15, 0.2) is 65.2 Å². The number of nitrogens with one attached hydrogen (secondary N) is 1. The second-order valence-corrected chi connectivity index (χ2v) is 6.10. The van der Waals surface area contributed by atoms with Gasteiger partial charge in [0.15, 0.2) is 11.3 Å². The van der Waals surface area contributed by atoms with E-state index in [1.54, 1.807) is 18.2 Å². The third-order valence-corrected chi connectivity index (χ3v) is 3.96. The van der Waals surface area contributed by atoms with E-state index in [1.807, 2.05) is 30.3 Å². The van der Waals surface area contributed by atoms with Crippen molar-refractivity contribution in [1.82, 2.24) is 4.98 Å². The Bertz CT molecular complexity index is 958. The van der Waals surface area contributed by atoms with Crippen LogP contribution in [-0.2, 0) is 16.1 Å². The molecule has 2 aromatic heterocycles. The number of anilines is 1. The molecule has 0 aliphatic carbocycles. The van der Waals surface area contributed by atoms with Gasteiger partial charge in [-0.2, -0.15) is 0 Å². The zero-order valence-electron chi connectivity index (χ0n) is 14.9. The molecule has 1 amide bonds. The highest BCUT2D eigenvalue weighted by Crippen LogP contribution is 2.18. The van der Waals surface area contributed by atoms with Crippen molar-refractivity contribution in [2.24, 2.45) is 0 Å². The predicted molar refractivity (Wildman–Crippen MR) is 102 cm³/mol. The summed E-state index contributed by atoms with van der Waals surface area (Å²) in [6.07, 6.45) is 0.440. The highest BCUT2D eigenvalue weighted by Gasteiger charge is 2.22. The zero-order valence-corrected chi connectivity index (χ0v) is 15.7. The van der Waals surface area contributed by atoms with Crippen molar-refractivity contribution in [2.75, 3.05) is 5.32 Å². The summed E-state index contributed by atoms with van der Waals surface area (Å²) >= 11 is 5.89. The van der Waals surface area contributed by atoms with Gasteiger partial charge in [-0.1, -0.05) is 29.8 Å². The number of ether oxygens (including phenoxy) is 2. The Morgan fingerprint density at radius 3 is 2.68 bits per heavy atom. The van der Waals surface area contributed by atoms with Crippen LogP contribution in [0.25, 0.3) is 0 Å². The van der Waals surface area contributed by atoms with Crippen LogP contribution in [0.4, 0.5) is 5.69 Å². The number of pyridine rings is 1. The van der Waals surface area contributed by atoms with Crippen LogP contribution in [-0.4, -0.2) is 23.0 Å². The molecular weight excluding hydrogens is 384 g/mol. The molecule has 1 atom stereocenters. The molecule has 144 valence electrons. The highest BCUT2D eigenvalue weighted by atomic mass is 35.5. The van der Waals surface area contributed by atoms with E-state index in [0.717, 1.165) is 0 Å². The molecule has 1 N–H and O–H groups in total. The first kappa shape index (κ1) is 19.4. The van der Waals surface area contributed by atoms with Gasteiger partial charge in [-0.15, -0.1) is 0 Å². The van der Waals surface area contributed by atoms with Gasteiger partial charge >= 0.3 is 5.97 Å². The standard InChI is InChI=1S/C20H17ClN2O5/c1-13(19(24)23-16-8-5-11-22-18(16)21)27-20(25)17-10-9-15(28-17)12-26-14-6-3-2-4-7-14/h2-11,13H,12H2,1H3,(H,23,24). The van der Waals surface area contributed by atoms with Crippen molar-refractivity contribution in [3.63, 3.8) is 0 Å². The number of hydrogen-bond acceptors (Lipinski definition) is 6. The maximum atomic E-state index is 12.2. The topological polar surface area (TPSA) is 90.7 Å².